The van der Waals surface area contributed by atoms with Crippen LogP contribution in [0.1, 0.15) is 35.3 Å². The standard InChI is InChI=1S/C20H16F3NO4/c1-28-12-7-5-11(6-8-12)18-13(20(21,22)23)9-10-14(24-18)19(27)17-15(25)3-2-4-16(17)26/h5-10,17H,2-4H2,1H3. The van der Waals surface area contributed by atoms with Gasteiger partial charge < -0.3 is 4.74 Å². The van der Waals surface area contributed by atoms with Gasteiger partial charge in [0, 0.05) is 18.4 Å². The number of methoxy groups -OCH3 is 1. The molecule has 1 fully saturated rings. The maximum absolute atomic E-state index is 13.4. The molecule has 1 aliphatic carbocycles. The number of rotatable bonds is 4. The number of carbonyl (C=O) groups is 3. The number of nitrogens with zero attached hydrogens (tertiary/aromatic N) is 1. The molecule has 0 saturated heterocycles. The van der Waals surface area contributed by atoms with Gasteiger partial charge in [0.05, 0.1) is 18.4 Å². The van der Waals surface area contributed by atoms with E-state index in [1.54, 1.807) is 0 Å². The third-order valence-corrected chi connectivity index (χ3v) is 4.57. The van der Waals surface area contributed by atoms with E-state index in [1.807, 2.05) is 0 Å². The Hall–Kier alpha value is -3.03. The van der Waals surface area contributed by atoms with Crippen LogP contribution >= 0.6 is 0 Å². The summed E-state index contributed by atoms with van der Waals surface area (Å²) in [6.07, 6.45) is -4.14. The third kappa shape index (κ3) is 3.81. The quantitative estimate of drug-likeness (QED) is 0.584. The van der Waals surface area contributed by atoms with E-state index in [-0.39, 0.29) is 24.1 Å². The van der Waals surface area contributed by atoms with Crippen LogP contribution < -0.4 is 4.74 Å². The molecule has 0 atom stereocenters. The number of benzene rings is 1. The smallest absolute Gasteiger partial charge is 0.418 e. The van der Waals surface area contributed by atoms with Crippen LogP contribution in [0.25, 0.3) is 11.3 Å². The van der Waals surface area contributed by atoms with Crippen molar-refractivity contribution in [1.29, 1.82) is 0 Å². The van der Waals surface area contributed by atoms with E-state index in [0.29, 0.717) is 12.2 Å². The van der Waals surface area contributed by atoms with Gasteiger partial charge in [-0.25, -0.2) is 4.98 Å². The molecule has 2 aromatic rings. The zero-order chi connectivity index (χ0) is 20.5. The van der Waals surface area contributed by atoms with Gasteiger partial charge in [-0.05, 0) is 42.8 Å². The van der Waals surface area contributed by atoms with Crippen molar-refractivity contribution in [2.75, 3.05) is 7.11 Å². The Labute approximate surface area is 158 Å². The van der Waals surface area contributed by atoms with E-state index in [9.17, 15) is 27.6 Å². The molecular weight excluding hydrogens is 375 g/mol. The van der Waals surface area contributed by atoms with Crippen molar-refractivity contribution >= 4 is 17.3 Å². The second-order valence-electron chi connectivity index (χ2n) is 6.40. The molecule has 28 heavy (non-hydrogen) atoms. The normalized spacial score (nSPS) is 15.6. The summed E-state index contributed by atoms with van der Waals surface area (Å²) in [4.78, 5) is 40.6. The number of carbonyl (C=O) groups excluding carboxylic acids is 3. The van der Waals surface area contributed by atoms with Crippen molar-refractivity contribution in [3.63, 3.8) is 0 Å². The molecule has 5 nitrogen and oxygen atoms in total. The fraction of sp³-hybridized carbons (Fsp3) is 0.300. The van der Waals surface area contributed by atoms with Crippen LogP contribution in [-0.2, 0) is 15.8 Å². The Bertz CT molecular complexity index is 919. The van der Waals surface area contributed by atoms with E-state index in [2.05, 4.69) is 4.98 Å². The largest absolute Gasteiger partial charge is 0.497 e. The van der Waals surface area contributed by atoms with Crippen LogP contribution in [0, 0.1) is 5.92 Å². The molecule has 1 aromatic carbocycles. The van der Waals surface area contributed by atoms with Crippen LogP contribution in [0.3, 0.4) is 0 Å². The van der Waals surface area contributed by atoms with E-state index in [4.69, 9.17) is 4.74 Å². The molecule has 0 amide bonds. The average molecular weight is 391 g/mol. The van der Waals surface area contributed by atoms with Crippen LogP contribution in [0.15, 0.2) is 36.4 Å². The van der Waals surface area contributed by atoms with Crippen molar-refractivity contribution in [3.05, 3.63) is 47.7 Å². The summed E-state index contributed by atoms with van der Waals surface area (Å²) in [5, 5.41) is 0. The fourth-order valence-electron chi connectivity index (χ4n) is 3.14. The summed E-state index contributed by atoms with van der Waals surface area (Å²) < 4.78 is 45.3. The molecule has 0 radical (unpaired) electrons. The molecule has 0 unspecified atom stereocenters. The Morgan fingerprint density at radius 3 is 2.18 bits per heavy atom. The molecule has 3 rings (SSSR count). The van der Waals surface area contributed by atoms with Crippen molar-refractivity contribution in [1.82, 2.24) is 4.98 Å². The summed E-state index contributed by atoms with van der Waals surface area (Å²) in [7, 11) is 1.42. The van der Waals surface area contributed by atoms with E-state index in [1.165, 1.54) is 31.4 Å². The number of aromatic nitrogens is 1. The average Bonchev–Trinajstić information content (AvgIpc) is 2.66. The predicted octanol–water partition coefficient (Wildman–Crippen LogP) is 3.90. The van der Waals surface area contributed by atoms with Gasteiger partial charge >= 0.3 is 6.18 Å². The number of halogens is 3. The van der Waals surface area contributed by atoms with Gasteiger partial charge in [-0.3, -0.25) is 14.4 Å². The van der Waals surface area contributed by atoms with Gasteiger partial charge in [-0.1, -0.05) is 0 Å². The minimum absolute atomic E-state index is 0.0914. The van der Waals surface area contributed by atoms with Crippen molar-refractivity contribution < 1.29 is 32.3 Å². The summed E-state index contributed by atoms with van der Waals surface area (Å²) in [5.74, 6) is -2.94. The first-order valence-corrected chi connectivity index (χ1v) is 8.54. The van der Waals surface area contributed by atoms with Crippen LogP contribution in [0.2, 0.25) is 0 Å². The number of ether oxygens (including phenoxy) is 1. The lowest BCUT2D eigenvalue weighted by Crippen LogP contribution is -2.35. The predicted molar refractivity (Wildman–Crippen MR) is 92.9 cm³/mol. The highest BCUT2D eigenvalue weighted by Gasteiger charge is 2.39. The molecule has 1 aromatic heterocycles. The van der Waals surface area contributed by atoms with E-state index < -0.39 is 40.7 Å². The Morgan fingerprint density at radius 2 is 1.64 bits per heavy atom. The zero-order valence-electron chi connectivity index (χ0n) is 14.9. The molecular formula is C20H16F3NO4. The van der Waals surface area contributed by atoms with E-state index in [0.717, 1.165) is 12.1 Å². The van der Waals surface area contributed by atoms with Crippen molar-refractivity contribution in [2.45, 2.75) is 25.4 Å². The number of Topliss-reactive ketones (excluding diaryl/α,β-unsaturated/α-hetero) is 3. The van der Waals surface area contributed by atoms with Crippen LogP contribution in [0.5, 0.6) is 5.75 Å². The second kappa shape index (κ2) is 7.53. The van der Waals surface area contributed by atoms with Gasteiger partial charge in [0.25, 0.3) is 0 Å². The van der Waals surface area contributed by atoms with Gasteiger partial charge in [0.15, 0.2) is 17.3 Å². The maximum atomic E-state index is 13.4. The molecule has 1 saturated carbocycles. The minimum Gasteiger partial charge on any atom is -0.497 e. The SMILES string of the molecule is COc1ccc(-c2nc(C(=O)C3C(=O)CCCC3=O)ccc2C(F)(F)F)cc1. The third-order valence-electron chi connectivity index (χ3n) is 4.57. The highest BCUT2D eigenvalue weighted by atomic mass is 19.4. The first-order chi connectivity index (χ1) is 13.2. The van der Waals surface area contributed by atoms with Crippen molar-refractivity contribution in [3.8, 4) is 17.0 Å². The molecule has 8 heteroatoms. The number of pyridine rings is 1. The molecule has 1 heterocycles. The number of ketones is 3. The van der Waals surface area contributed by atoms with Gasteiger partial charge in [-0.2, -0.15) is 13.2 Å². The van der Waals surface area contributed by atoms with Crippen molar-refractivity contribution in [2.24, 2.45) is 5.92 Å². The molecule has 0 spiro atoms. The highest BCUT2D eigenvalue weighted by molar-refractivity contribution is 6.24. The summed E-state index contributed by atoms with van der Waals surface area (Å²) >= 11 is 0. The lowest BCUT2D eigenvalue weighted by molar-refractivity contribution is -0.137. The number of alkyl halides is 3. The first kappa shape index (κ1) is 19.7. The Kier molecular flexibility index (Phi) is 5.31. The summed E-state index contributed by atoms with van der Waals surface area (Å²) in [6.45, 7) is 0. The molecule has 0 aliphatic heterocycles. The molecule has 146 valence electrons. The van der Waals surface area contributed by atoms with Gasteiger partial charge in [-0.15, -0.1) is 0 Å². The van der Waals surface area contributed by atoms with Gasteiger partial charge in [0.2, 0.25) is 0 Å². The Morgan fingerprint density at radius 1 is 1.04 bits per heavy atom. The zero-order valence-corrected chi connectivity index (χ0v) is 14.9. The minimum atomic E-state index is -4.69. The molecule has 0 N–H and O–H groups in total. The van der Waals surface area contributed by atoms with Gasteiger partial charge in [0.1, 0.15) is 17.4 Å². The monoisotopic (exact) mass is 391 g/mol. The summed E-state index contributed by atoms with van der Waals surface area (Å²) in [6, 6.07) is 7.38. The van der Waals surface area contributed by atoms with Crippen LogP contribution in [-0.4, -0.2) is 29.4 Å². The first-order valence-electron chi connectivity index (χ1n) is 8.54. The number of hydrogen-bond donors (Lipinski definition) is 0. The molecule has 0 bridgehead atoms. The van der Waals surface area contributed by atoms with E-state index >= 15 is 0 Å². The van der Waals surface area contributed by atoms with Crippen LogP contribution in [0.4, 0.5) is 13.2 Å². The maximum Gasteiger partial charge on any atom is 0.418 e. The lowest BCUT2D eigenvalue weighted by atomic mass is 9.82. The highest BCUT2D eigenvalue weighted by Crippen LogP contribution is 2.37. The lowest BCUT2D eigenvalue weighted by Gasteiger charge is -2.19. The Balaban J connectivity index is 2.08. The number of hydrogen-bond acceptors (Lipinski definition) is 5. The fourth-order valence-corrected chi connectivity index (χ4v) is 3.14. The second-order valence-corrected chi connectivity index (χ2v) is 6.40. The summed E-state index contributed by atoms with van der Waals surface area (Å²) in [5.41, 5.74) is -1.68. The topological polar surface area (TPSA) is 73.3 Å². The molecule has 1 aliphatic rings.